The third-order valence-corrected chi connectivity index (χ3v) is 1.43. The average molecular weight is 180 g/mol. The topological polar surface area (TPSA) is 107 Å². The van der Waals surface area contributed by atoms with Crippen LogP contribution in [0.1, 0.15) is 13.3 Å². The zero-order chi connectivity index (χ0) is 9.68. The number of amides is 1. The summed E-state index contributed by atoms with van der Waals surface area (Å²) in [6.07, 6.45) is 0.174. The number of carbonyl (C=O) groups excluding carboxylic acids is 1. The smallest absolute Gasteiger partial charge is 0.246 e. The number of aromatic amines is 1. The molecule has 2 N–H and O–H groups in total. The zero-order valence-corrected chi connectivity index (χ0v) is 6.98. The summed E-state index contributed by atoms with van der Waals surface area (Å²) in [5.74, 6) is -0.454. The van der Waals surface area contributed by atoms with Crippen LogP contribution in [0.4, 0.5) is 5.95 Å². The first-order chi connectivity index (χ1) is 6.24. The third kappa shape index (κ3) is 2.52. The Morgan fingerprint density at radius 3 is 3.15 bits per heavy atom. The van der Waals surface area contributed by atoms with Crippen LogP contribution in [0.5, 0.6) is 0 Å². The monoisotopic (exact) mass is 180 g/mol. The molecular weight excluding hydrogens is 172 g/mol. The van der Waals surface area contributed by atoms with Gasteiger partial charge in [-0.1, -0.05) is 12.0 Å². The minimum absolute atomic E-state index is 0.174. The quantitative estimate of drug-likeness (QED) is 0.663. The van der Waals surface area contributed by atoms with Crippen molar-refractivity contribution in [2.75, 3.05) is 5.32 Å². The Bertz CT molecular complexity index is 312. The van der Waals surface area contributed by atoms with Crippen LogP contribution < -0.4 is 5.32 Å². The van der Waals surface area contributed by atoms with E-state index < -0.39 is 0 Å². The normalized spacial score (nSPS) is 11.7. The first-order valence-corrected chi connectivity index (χ1v) is 3.65. The second-order valence-corrected chi connectivity index (χ2v) is 2.50. The Hall–Kier alpha value is -1.97. The summed E-state index contributed by atoms with van der Waals surface area (Å²) in [5.41, 5.74) is 0. The second kappa shape index (κ2) is 4.15. The first kappa shape index (κ1) is 9.12. The molecule has 0 radical (unpaired) electrons. The Balaban J connectivity index is 2.47. The van der Waals surface area contributed by atoms with E-state index >= 15 is 0 Å². The van der Waals surface area contributed by atoms with Crippen molar-refractivity contribution >= 4 is 11.9 Å². The number of anilines is 1. The van der Waals surface area contributed by atoms with Crippen LogP contribution in [0, 0.1) is 17.2 Å². The maximum absolute atomic E-state index is 11.2. The highest BCUT2D eigenvalue weighted by Crippen LogP contribution is 2.03. The number of nitrogens with zero attached hydrogens (tertiary/aromatic N) is 4. The van der Waals surface area contributed by atoms with Crippen molar-refractivity contribution in [1.82, 2.24) is 20.6 Å². The summed E-state index contributed by atoms with van der Waals surface area (Å²) in [4.78, 5) is 11.2. The second-order valence-electron chi connectivity index (χ2n) is 2.50. The van der Waals surface area contributed by atoms with Crippen molar-refractivity contribution in [3.63, 3.8) is 0 Å². The molecule has 13 heavy (non-hydrogen) atoms. The SMILES string of the molecule is C[C@H](CC#N)C(=O)Nc1nnn[nH]1. The molecule has 0 saturated carbocycles. The number of hydrogen-bond donors (Lipinski definition) is 2. The Morgan fingerprint density at radius 1 is 1.85 bits per heavy atom. The molecule has 0 saturated heterocycles. The lowest BCUT2D eigenvalue weighted by Gasteiger charge is -2.04. The molecule has 0 fully saturated rings. The van der Waals surface area contributed by atoms with Gasteiger partial charge >= 0.3 is 0 Å². The van der Waals surface area contributed by atoms with E-state index in [1.165, 1.54) is 0 Å². The number of nitriles is 1. The standard InChI is InChI=1S/C6H8N6O/c1-4(2-3-7)5(13)8-6-9-11-12-10-6/h4H,2H2,1H3,(H2,8,9,10,11,12,13)/t4-/m1/s1. The highest BCUT2D eigenvalue weighted by atomic mass is 16.2. The molecule has 1 rings (SSSR count). The summed E-state index contributed by atoms with van der Waals surface area (Å²) < 4.78 is 0. The van der Waals surface area contributed by atoms with Gasteiger partial charge in [-0.25, -0.2) is 5.10 Å². The fourth-order valence-electron chi connectivity index (χ4n) is 0.682. The highest BCUT2D eigenvalue weighted by Gasteiger charge is 2.13. The molecule has 0 aromatic carbocycles. The summed E-state index contributed by atoms with van der Waals surface area (Å²) in [7, 11) is 0. The van der Waals surface area contributed by atoms with Gasteiger partial charge in [0, 0.05) is 12.3 Å². The molecule has 7 heteroatoms. The molecule has 0 aliphatic carbocycles. The van der Waals surface area contributed by atoms with Gasteiger partial charge < -0.3 is 0 Å². The molecule has 1 heterocycles. The minimum Gasteiger partial charge on any atom is -0.293 e. The van der Waals surface area contributed by atoms with E-state index in [9.17, 15) is 4.79 Å². The lowest BCUT2D eigenvalue weighted by Crippen LogP contribution is -2.20. The van der Waals surface area contributed by atoms with Crippen LogP contribution in [0.2, 0.25) is 0 Å². The van der Waals surface area contributed by atoms with Crippen LogP contribution in [0.25, 0.3) is 0 Å². The van der Waals surface area contributed by atoms with Gasteiger partial charge in [-0.2, -0.15) is 5.26 Å². The van der Waals surface area contributed by atoms with Gasteiger partial charge in [-0.3, -0.25) is 10.1 Å². The Kier molecular flexibility index (Phi) is 2.92. The third-order valence-electron chi connectivity index (χ3n) is 1.43. The van der Waals surface area contributed by atoms with Gasteiger partial charge in [0.25, 0.3) is 0 Å². The number of carbonyl (C=O) groups is 1. The molecule has 0 unspecified atom stereocenters. The van der Waals surface area contributed by atoms with Crippen molar-refractivity contribution < 1.29 is 4.79 Å². The fraction of sp³-hybridized carbons (Fsp3) is 0.500. The van der Waals surface area contributed by atoms with E-state index in [-0.39, 0.29) is 24.2 Å². The molecule has 0 aliphatic heterocycles. The summed E-state index contributed by atoms with van der Waals surface area (Å²) in [6, 6.07) is 1.91. The molecule has 1 aromatic heterocycles. The lowest BCUT2D eigenvalue weighted by atomic mass is 10.1. The molecule has 1 amide bonds. The van der Waals surface area contributed by atoms with E-state index in [0.29, 0.717) is 0 Å². The first-order valence-electron chi connectivity index (χ1n) is 3.65. The van der Waals surface area contributed by atoms with E-state index in [2.05, 4.69) is 25.9 Å². The van der Waals surface area contributed by atoms with Gasteiger partial charge in [-0.05, 0) is 10.4 Å². The molecule has 68 valence electrons. The van der Waals surface area contributed by atoms with Crippen molar-refractivity contribution in [2.24, 2.45) is 5.92 Å². The summed E-state index contributed by atoms with van der Waals surface area (Å²) in [5, 5.41) is 23.2. The predicted octanol–water partition coefficient (Wildman–Crippen LogP) is -0.312. The maximum atomic E-state index is 11.2. The Labute approximate surface area is 74.1 Å². The number of H-pyrrole nitrogens is 1. The van der Waals surface area contributed by atoms with Gasteiger partial charge in [0.2, 0.25) is 11.9 Å². The van der Waals surface area contributed by atoms with Crippen LogP contribution >= 0.6 is 0 Å². The zero-order valence-electron chi connectivity index (χ0n) is 6.98. The van der Waals surface area contributed by atoms with Crippen LogP contribution in [0.15, 0.2) is 0 Å². The minimum atomic E-state index is -0.366. The van der Waals surface area contributed by atoms with Crippen molar-refractivity contribution in [3.05, 3.63) is 0 Å². The van der Waals surface area contributed by atoms with Crippen LogP contribution in [-0.2, 0) is 4.79 Å². The Morgan fingerprint density at radius 2 is 2.62 bits per heavy atom. The average Bonchev–Trinajstić information content (AvgIpc) is 2.57. The molecule has 1 aromatic rings. The number of rotatable bonds is 3. The highest BCUT2D eigenvalue weighted by molar-refractivity contribution is 5.90. The largest absolute Gasteiger partial charge is 0.293 e. The fourth-order valence-corrected chi connectivity index (χ4v) is 0.682. The van der Waals surface area contributed by atoms with Crippen molar-refractivity contribution in [1.29, 1.82) is 5.26 Å². The van der Waals surface area contributed by atoms with Crippen molar-refractivity contribution in [3.8, 4) is 6.07 Å². The summed E-state index contributed by atoms with van der Waals surface area (Å²) in [6.45, 7) is 1.66. The molecule has 0 aliphatic rings. The van der Waals surface area contributed by atoms with E-state index in [1.54, 1.807) is 6.92 Å². The van der Waals surface area contributed by atoms with Gasteiger partial charge in [-0.15, -0.1) is 0 Å². The predicted molar refractivity (Wildman–Crippen MR) is 42.2 cm³/mol. The van der Waals surface area contributed by atoms with Gasteiger partial charge in [0.1, 0.15) is 0 Å². The van der Waals surface area contributed by atoms with Crippen molar-refractivity contribution in [2.45, 2.75) is 13.3 Å². The van der Waals surface area contributed by atoms with E-state index in [0.717, 1.165) is 0 Å². The molecule has 0 bridgehead atoms. The van der Waals surface area contributed by atoms with E-state index in [1.807, 2.05) is 6.07 Å². The van der Waals surface area contributed by atoms with Gasteiger partial charge in [0.15, 0.2) is 0 Å². The lowest BCUT2D eigenvalue weighted by molar-refractivity contribution is -0.119. The molecule has 0 spiro atoms. The van der Waals surface area contributed by atoms with Crippen LogP contribution in [0.3, 0.4) is 0 Å². The van der Waals surface area contributed by atoms with Crippen LogP contribution in [-0.4, -0.2) is 26.5 Å². The number of aromatic nitrogens is 4. The molecule has 7 nitrogen and oxygen atoms in total. The maximum Gasteiger partial charge on any atom is 0.246 e. The number of tetrazole rings is 1. The molecule has 1 atom stereocenters. The number of hydrogen-bond acceptors (Lipinski definition) is 5. The number of nitrogens with one attached hydrogen (secondary N) is 2. The van der Waals surface area contributed by atoms with E-state index in [4.69, 9.17) is 5.26 Å². The summed E-state index contributed by atoms with van der Waals surface area (Å²) >= 11 is 0. The molecular formula is C6H8N6O. The van der Waals surface area contributed by atoms with Gasteiger partial charge in [0.05, 0.1) is 6.07 Å².